The van der Waals surface area contributed by atoms with Crippen molar-refractivity contribution in [2.45, 2.75) is 49.5 Å². The monoisotopic (exact) mass is 406 g/mol. The van der Waals surface area contributed by atoms with Gasteiger partial charge in [-0.05, 0) is 12.3 Å². The van der Waals surface area contributed by atoms with Gasteiger partial charge in [0.25, 0.3) is 0 Å². The highest BCUT2D eigenvalue weighted by Gasteiger charge is 2.54. The van der Waals surface area contributed by atoms with Crippen molar-refractivity contribution in [3.8, 4) is 0 Å². The van der Waals surface area contributed by atoms with Crippen LogP contribution in [0.25, 0.3) is 0 Å². The zero-order valence-corrected chi connectivity index (χ0v) is 15.2. The maximum Gasteiger partial charge on any atom is 0.337 e. The Morgan fingerprint density at radius 3 is 2.43 bits per heavy atom. The number of hydrogen-bond donors (Lipinski definition) is 6. The topological polar surface area (TPSA) is 175 Å². The molecule has 6 N–H and O–H groups in total. The van der Waals surface area contributed by atoms with Gasteiger partial charge in [0, 0.05) is 18.4 Å². The number of esters is 1. The molecule has 3 aliphatic rings. The summed E-state index contributed by atoms with van der Waals surface area (Å²) in [5, 5.41) is 59.3. The van der Waals surface area contributed by atoms with Crippen LogP contribution < -0.4 is 0 Å². The molecule has 0 radical (unpaired) electrons. The fourth-order valence-corrected chi connectivity index (χ4v) is 4.21. The van der Waals surface area contributed by atoms with Gasteiger partial charge in [-0.2, -0.15) is 0 Å². The van der Waals surface area contributed by atoms with E-state index in [0.29, 0.717) is 0 Å². The zero-order valence-electron chi connectivity index (χ0n) is 15.2. The van der Waals surface area contributed by atoms with Gasteiger partial charge < -0.3 is 49.6 Å². The van der Waals surface area contributed by atoms with E-state index in [1.165, 1.54) is 7.11 Å². The predicted octanol–water partition coefficient (Wildman–Crippen LogP) is -3.18. The number of hydrogen-bond acceptors (Lipinski definition) is 11. The highest BCUT2D eigenvalue weighted by Crippen LogP contribution is 2.47. The second kappa shape index (κ2) is 8.59. The summed E-state index contributed by atoms with van der Waals surface area (Å²) in [6.45, 7) is -0.919. The maximum absolute atomic E-state index is 12.0. The number of rotatable bonds is 5. The average Bonchev–Trinajstić information content (AvgIpc) is 3.05. The normalized spacial score (nSPS) is 45.8. The molecule has 0 amide bonds. The van der Waals surface area contributed by atoms with E-state index in [4.69, 9.17) is 18.9 Å². The summed E-state index contributed by atoms with van der Waals surface area (Å²) in [5.41, 5.74) is 0.101. The lowest BCUT2D eigenvalue weighted by atomic mass is 9.82. The van der Waals surface area contributed by atoms with Gasteiger partial charge in [-0.25, -0.2) is 4.79 Å². The molecule has 1 saturated carbocycles. The third kappa shape index (κ3) is 3.64. The van der Waals surface area contributed by atoms with E-state index in [-0.39, 0.29) is 18.6 Å². The van der Waals surface area contributed by atoms with Crippen LogP contribution in [-0.4, -0.2) is 100 Å². The molecule has 11 heteroatoms. The van der Waals surface area contributed by atoms with Crippen molar-refractivity contribution in [2.75, 3.05) is 20.3 Å². The van der Waals surface area contributed by atoms with Crippen LogP contribution in [0.3, 0.4) is 0 Å². The van der Waals surface area contributed by atoms with Gasteiger partial charge in [0.1, 0.15) is 24.4 Å². The van der Waals surface area contributed by atoms with Crippen LogP contribution in [0, 0.1) is 17.8 Å². The van der Waals surface area contributed by atoms with Crippen molar-refractivity contribution in [3.05, 3.63) is 11.8 Å². The highest BCUT2D eigenvalue weighted by atomic mass is 16.8. The first kappa shape index (κ1) is 21.4. The van der Waals surface area contributed by atoms with E-state index in [0.717, 1.165) is 6.26 Å². The molecule has 0 aromatic heterocycles. The molecule has 2 fully saturated rings. The fraction of sp³-hybridized carbons (Fsp3) is 0.824. The number of carbonyl (C=O) groups is 1. The lowest BCUT2D eigenvalue weighted by Crippen LogP contribution is -2.60. The Morgan fingerprint density at radius 1 is 1.11 bits per heavy atom. The highest BCUT2D eigenvalue weighted by molar-refractivity contribution is 5.89. The average molecular weight is 406 g/mol. The minimum absolute atomic E-state index is 0.101. The lowest BCUT2D eigenvalue weighted by Gasteiger charge is -2.43. The molecular weight excluding hydrogens is 380 g/mol. The molecule has 160 valence electrons. The minimum atomic E-state index is -1.63. The summed E-state index contributed by atoms with van der Waals surface area (Å²) in [5.74, 6) is -2.54. The first-order chi connectivity index (χ1) is 13.3. The summed E-state index contributed by atoms with van der Waals surface area (Å²) in [6, 6.07) is 0. The third-order valence-corrected chi connectivity index (χ3v) is 5.69. The number of methoxy groups -OCH3 is 1. The molecule has 1 aliphatic carbocycles. The van der Waals surface area contributed by atoms with Crippen LogP contribution in [0.1, 0.15) is 6.42 Å². The van der Waals surface area contributed by atoms with Crippen molar-refractivity contribution in [1.29, 1.82) is 0 Å². The summed E-state index contributed by atoms with van der Waals surface area (Å²) < 4.78 is 21.2. The van der Waals surface area contributed by atoms with E-state index < -0.39 is 73.4 Å². The number of carbonyl (C=O) groups excluding carboxylic acids is 1. The molecule has 0 unspecified atom stereocenters. The van der Waals surface area contributed by atoms with Crippen molar-refractivity contribution in [3.63, 3.8) is 0 Å². The summed E-state index contributed by atoms with van der Waals surface area (Å²) >= 11 is 0. The molecule has 1 saturated heterocycles. The largest absolute Gasteiger partial charge is 0.472 e. The molecule has 2 heterocycles. The zero-order chi connectivity index (χ0) is 20.6. The molecule has 0 aromatic rings. The first-order valence-electron chi connectivity index (χ1n) is 9.02. The van der Waals surface area contributed by atoms with Gasteiger partial charge in [-0.3, -0.25) is 0 Å². The van der Waals surface area contributed by atoms with Crippen LogP contribution >= 0.6 is 0 Å². The molecule has 0 spiro atoms. The Kier molecular flexibility index (Phi) is 6.57. The van der Waals surface area contributed by atoms with Gasteiger partial charge in [0.05, 0.1) is 31.7 Å². The van der Waals surface area contributed by atoms with Gasteiger partial charge in [0.15, 0.2) is 6.29 Å². The molecule has 2 aliphatic heterocycles. The van der Waals surface area contributed by atoms with Crippen LogP contribution in [0.4, 0.5) is 0 Å². The summed E-state index contributed by atoms with van der Waals surface area (Å²) in [4.78, 5) is 12.0. The molecule has 0 bridgehead atoms. The van der Waals surface area contributed by atoms with Gasteiger partial charge in [-0.1, -0.05) is 0 Å². The number of aliphatic hydroxyl groups excluding tert-OH is 6. The Labute approximate surface area is 160 Å². The quantitative estimate of drug-likeness (QED) is 0.254. The number of aliphatic hydroxyl groups is 6. The maximum atomic E-state index is 12.0. The minimum Gasteiger partial charge on any atom is -0.472 e. The van der Waals surface area contributed by atoms with Crippen LogP contribution in [0.2, 0.25) is 0 Å². The van der Waals surface area contributed by atoms with Crippen LogP contribution in [0.5, 0.6) is 0 Å². The van der Waals surface area contributed by atoms with Crippen molar-refractivity contribution in [2.24, 2.45) is 17.8 Å². The van der Waals surface area contributed by atoms with Gasteiger partial charge in [0.2, 0.25) is 6.29 Å². The SMILES string of the molecule is COC(=O)C1=CO[C@@H](O[C@@H]2O[C@H](CO)[C@@H](O)[C@H](O)[C@H]2O)[C@@H]2[C@@H](CO)C[C@@H](O)[C@H]12. The first-order valence-corrected chi connectivity index (χ1v) is 9.02. The fourth-order valence-electron chi connectivity index (χ4n) is 4.21. The second-order valence-corrected chi connectivity index (χ2v) is 7.25. The molecule has 11 nitrogen and oxygen atoms in total. The number of fused-ring (bicyclic) bond motifs is 1. The van der Waals surface area contributed by atoms with E-state index >= 15 is 0 Å². The van der Waals surface area contributed by atoms with E-state index in [1.807, 2.05) is 0 Å². The second-order valence-electron chi connectivity index (χ2n) is 7.25. The summed E-state index contributed by atoms with van der Waals surface area (Å²) in [7, 11) is 1.19. The smallest absolute Gasteiger partial charge is 0.337 e. The Balaban J connectivity index is 1.83. The van der Waals surface area contributed by atoms with Crippen molar-refractivity contribution in [1.82, 2.24) is 0 Å². The van der Waals surface area contributed by atoms with Gasteiger partial charge >= 0.3 is 5.97 Å². The molecule has 10 atom stereocenters. The molecular formula is C17H26O11. The Bertz CT molecular complexity index is 594. The molecule has 0 aromatic carbocycles. The van der Waals surface area contributed by atoms with E-state index in [9.17, 15) is 35.4 Å². The summed E-state index contributed by atoms with van der Waals surface area (Å²) in [6.07, 6.45) is -8.19. The molecule has 28 heavy (non-hydrogen) atoms. The lowest BCUT2D eigenvalue weighted by molar-refractivity contribution is -0.343. The van der Waals surface area contributed by atoms with Crippen molar-refractivity contribution >= 4 is 5.97 Å². The standard InChI is InChI=1S/C17H26O11/c1-25-15(24)7-5-26-16(10-6(3-18)2-8(20)11(7)10)28-17-14(23)13(22)12(21)9(4-19)27-17/h5-6,8-14,16-23H,2-4H2,1H3/t6-,8-,9-,10-,11+,12-,13+,14-,16+,17+/m1/s1. The van der Waals surface area contributed by atoms with Crippen LogP contribution in [0.15, 0.2) is 11.8 Å². The third-order valence-electron chi connectivity index (χ3n) is 5.69. The Morgan fingerprint density at radius 2 is 1.82 bits per heavy atom. The Hall–Kier alpha value is -1.31. The molecule has 3 rings (SSSR count). The van der Waals surface area contributed by atoms with Gasteiger partial charge in [-0.15, -0.1) is 0 Å². The number of ether oxygens (including phenoxy) is 4. The predicted molar refractivity (Wildman–Crippen MR) is 88.0 cm³/mol. The van der Waals surface area contributed by atoms with Crippen molar-refractivity contribution < 1.29 is 54.4 Å². The van der Waals surface area contributed by atoms with E-state index in [1.54, 1.807) is 0 Å². The van der Waals surface area contributed by atoms with Crippen LogP contribution in [-0.2, 0) is 23.7 Å². The van der Waals surface area contributed by atoms with E-state index in [2.05, 4.69) is 0 Å².